The van der Waals surface area contributed by atoms with E-state index in [9.17, 15) is 14.9 Å². The minimum Gasteiger partial charge on any atom is -0.324 e. The van der Waals surface area contributed by atoms with Crippen molar-refractivity contribution in [1.82, 2.24) is 4.57 Å². The van der Waals surface area contributed by atoms with Crippen LogP contribution in [-0.2, 0) is 6.54 Å². The van der Waals surface area contributed by atoms with Crippen molar-refractivity contribution in [2.75, 3.05) is 0 Å². The zero-order valence-corrected chi connectivity index (χ0v) is 11.9. The fraction of sp³-hybridized carbons (Fsp3) is 0.267. The molecular weight excluding hydrogens is 270 g/mol. The van der Waals surface area contributed by atoms with E-state index in [1.807, 2.05) is 13.0 Å². The third kappa shape index (κ3) is 2.85. The lowest BCUT2D eigenvalue weighted by Crippen LogP contribution is -2.27. The minimum atomic E-state index is -0.449. The van der Waals surface area contributed by atoms with Crippen LogP contribution in [0.4, 0.5) is 5.69 Å². The number of hydrogen-bond donors (Lipinski definition) is 1. The van der Waals surface area contributed by atoms with Crippen molar-refractivity contribution < 1.29 is 4.92 Å². The van der Waals surface area contributed by atoms with Gasteiger partial charge in [0.25, 0.3) is 11.2 Å². The maximum atomic E-state index is 12.4. The van der Waals surface area contributed by atoms with Gasteiger partial charge in [0, 0.05) is 30.3 Å². The molecule has 21 heavy (non-hydrogen) atoms. The molecule has 0 saturated heterocycles. The van der Waals surface area contributed by atoms with Gasteiger partial charge in [-0.15, -0.1) is 0 Å². The summed E-state index contributed by atoms with van der Waals surface area (Å²) in [6.45, 7) is 4.15. The predicted octanol–water partition coefficient (Wildman–Crippen LogP) is 2.46. The molecule has 0 spiro atoms. The van der Waals surface area contributed by atoms with E-state index in [0.29, 0.717) is 12.1 Å². The summed E-state index contributed by atoms with van der Waals surface area (Å²) in [5.41, 5.74) is 7.74. The Hall–Kier alpha value is -2.47. The topological polar surface area (TPSA) is 91.2 Å². The highest BCUT2D eigenvalue weighted by Crippen LogP contribution is 2.22. The van der Waals surface area contributed by atoms with E-state index in [-0.39, 0.29) is 17.3 Å². The van der Waals surface area contributed by atoms with Gasteiger partial charge in [-0.2, -0.15) is 0 Å². The van der Waals surface area contributed by atoms with Crippen molar-refractivity contribution in [3.05, 3.63) is 62.4 Å². The van der Waals surface area contributed by atoms with Crippen molar-refractivity contribution in [1.29, 1.82) is 0 Å². The summed E-state index contributed by atoms with van der Waals surface area (Å²) in [5, 5.41) is 10.7. The summed E-state index contributed by atoms with van der Waals surface area (Å²) in [7, 11) is 0. The Labute approximate surface area is 122 Å². The van der Waals surface area contributed by atoms with Crippen LogP contribution >= 0.6 is 0 Å². The van der Waals surface area contributed by atoms with Gasteiger partial charge in [-0.05, 0) is 43.7 Å². The fourth-order valence-electron chi connectivity index (χ4n) is 2.26. The highest BCUT2D eigenvalue weighted by atomic mass is 16.6. The molecule has 6 nitrogen and oxygen atoms in total. The zero-order chi connectivity index (χ0) is 15.6. The van der Waals surface area contributed by atoms with Gasteiger partial charge in [-0.1, -0.05) is 0 Å². The van der Waals surface area contributed by atoms with Gasteiger partial charge in [0.05, 0.1) is 10.6 Å². The standard InChI is InChI=1S/C15H17N3O3/c1-3-17-14(9-8-13(10(2)16)15(17)19)11-4-6-12(7-5-11)18(20)21/h4-10H,3,16H2,1-2H3. The summed E-state index contributed by atoms with van der Waals surface area (Å²) in [6.07, 6.45) is 0. The van der Waals surface area contributed by atoms with E-state index >= 15 is 0 Å². The summed E-state index contributed by atoms with van der Waals surface area (Å²) in [5.74, 6) is 0. The van der Waals surface area contributed by atoms with E-state index in [4.69, 9.17) is 5.73 Å². The number of aromatic nitrogens is 1. The van der Waals surface area contributed by atoms with E-state index in [2.05, 4.69) is 0 Å². The summed E-state index contributed by atoms with van der Waals surface area (Å²) in [6, 6.07) is 9.36. The number of nitrogens with two attached hydrogens (primary N) is 1. The summed E-state index contributed by atoms with van der Waals surface area (Å²) >= 11 is 0. The average molecular weight is 287 g/mol. The van der Waals surface area contributed by atoms with Crippen molar-refractivity contribution in [2.24, 2.45) is 5.73 Å². The molecule has 6 heteroatoms. The number of non-ortho nitro benzene ring substituents is 1. The lowest BCUT2D eigenvalue weighted by atomic mass is 10.1. The Bertz CT molecular complexity index is 718. The van der Waals surface area contributed by atoms with Gasteiger partial charge in [0.1, 0.15) is 0 Å². The van der Waals surface area contributed by atoms with E-state index < -0.39 is 4.92 Å². The minimum absolute atomic E-state index is 0.0244. The molecule has 2 aromatic rings. The quantitative estimate of drug-likeness (QED) is 0.690. The molecule has 0 saturated carbocycles. The van der Waals surface area contributed by atoms with Crippen LogP contribution in [0.3, 0.4) is 0 Å². The molecule has 1 atom stereocenters. The van der Waals surface area contributed by atoms with Crippen LogP contribution < -0.4 is 11.3 Å². The number of benzene rings is 1. The van der Waals surface area contributed by atoms with Gasteiger partial charge in [0.2, 0.25) is 0 Å². The number of pyridine rings is 1. The van der Waals surface area contributed by atoms with Crippen molar-refractivity contribution in [3.8, 4) is 11.3 Å². The molecule has 0 aliphatic carbocycles. The number of hydrogen-bond acceptors (Lipinski definition) is 4. The largest absolute Gasteiger partial charge is 0.324 e. The van der Waals surface area contributed by atoms with Crippen LogP contribution in [-0.4, -0.2) is 9.49 Å². The maximum Gasteiger partial charge on any atom is 0.269 e. The van der Waals surface area contributed by atoms with Crippen molar-refractivity contribution in [3.63, 3.8) is 0 Å². The Morgan fingerprint density at radius 3 is 2.33 bits per heavy atom. The second kappa shape index (κ2) is 5.88. The normalized spacial score (nSPS) is 12.1. The molecule has 2 rings (SSSR count). The van der Waals surface area contributed by atoms with Crippen LogP contribution in [0, 0.1) is 10.1 Å². The van der Waals surface area contributed by atoms with Crippen molar-refractivity contribution >= 4 is 5.69 Å². The molecule has 0 aliphatic rings. The van der Waals surface area contributed by atoms with Crippen LogP contribution in [0.1, 0.15) is 25.5 Å². The molecule has 0 fully saturated rings. The van der Waals surface area contributed by atoms with E-state index in [1.54, 1.807) is 29.7 Å². The van der Waals surface area contributed by atoms with Gasteiger partial charge in [-0.3, -0.25) is 14.9 Å². The van der Waals surface area contributed by atoms with Gasteiger partial charge in [0.15, 0.2) is 0 Å². The molecule has 2 N–H and O–H groups in total. The highest BCUT2D eigenvalue weighted by molar-refractivity contribution is 5.61. The summed E-state index contributed by atoms with van der Waals surface area (Å²) in [4.78, 5) is 22.6. The Morgan fingerprint density at radius 1 is 1.24 bits per heavy atom. The van der Waals surface area contributed by atoms with E-state index in [1.165, 1.54) is 12.1 Å². The monoisotopic (exact) mass is 287 g/mol. The third-order valence-corrected chi connectivity index (χ3v) is 3.38. The van der Waals surface area contributed by atoms with Gasteiger partial charge < -0.3 is 10.3 Å². The van der Waals surface area contributed by atoms with Crippen LogP contribution in [0.25, 0.3) is 11.3 Å². The second-order valence-electron chi connectivity index (χ2n) is 4.82. The smallest absolute Gasteiger partial charge is 0.269 e. The lowest BCUT2D eigenvalue weighted by Gasteiger charge is -2.14. The Balaban J connectivity index is 2.56. The van der Waals surface area contributed by atoms with Crippen LogP contribution in [0.2, 0.25) is 0 Å². The number of rotatable bonds is 4. The summed E-state index contributed by atoms with van der Waals surface area (Å²) < 4.78 is 1.62. The van der Waals surface area contributed by atoms with Gasteiger partial charge in [-0.25, -0.2) is 0 Å². The van der Waals surface area contributed by atoms with Gasteiger partial charge >= 0.3 is 0 Å². The molecule has 0 amide bonds. The molecule has 1 aromatic heterocycles. The van der Waals surface area contributed by atoms with Crippen LogP contribution in [0.15, 0.2) is 41.2 Å². The maximum absolute atomic E-state index is 12.4. The molecule has 0 aliphatic heterocycles. The SMILES string of the molecule is CCn1c(-c2ccc([N+](=O)[O-])cc2)ccc(C(C)N)c1=O. The van der Waals surface area contributed by atoms with Crippen LogP contribution in [0.5, 0.6) is 0 Å². The fourth-order valence-corrected chi connectivity index (χ4v) is 2.26. The molecule has 110 valence electrons. The second-order valence-corrected chi connectivity index (χ2v) is 4.82. The lowest BCUT2D eigenvalue weighted by molar-refractivity contribution is -0.384. The predicted molar refractivity (Wildman–Crippen MR) is 81.1 cm³/mol. The molecule has 0 radical (unpaired) electrons. The van der Waals surface area contributed by atoms with Crippen molar-refractivity contribution in [2.45, 2.75) is 26.4 Å². The van der Waals surface area contributed by atoms with E-state index in [0.717, 1.165) is 11.3 Å². The molecule has 1 heterocycles. The molecule has 1 aromatic carbocycles. The third-order valence-electron chi connectivity index (χ3n) is 3.38. The Kier molecular flexibility index (Phi) is 4.18. The number of nitro groups is 1. The molecular formula is C15H17N3O3. The zero-order valence-electron chi connectivity index (χ0n) is 11.9. The molecule has 1 unspecified atom stereocenters. The first-order valence-corrected chi connectivity index (χ1v) is 6.69. The first-order chi connectivity index (χ1) is 9.95. The first-order valence-electron chi connectivity index (χ1n) is 6.69. The number of nitrogens with zero attached hydrogens (tertiary/aromatic N) is 2. The highest BCUT2D eigenvalue weighted by Gasteiger charge is 2.13. The first kappa shape index (κ1) is 14.9. The Morgan fingerprint density at radius 2 is 1.86 bits per heavy atom. The number of nitro benzene ring substituents is 1. The molecule has 0 bridgehead atoms. The average Bonchev–Trinajstić information content (AvgIpc) is 2.46.